The first-order valence-corrected chi connectivity index (χ1v) is 7.52. The first-order valence-electron chi connectivity index (χ1n) is 7.52. The average Bonchev–Trinajstić information content (AvgIpc) is 2.61. The number of methoxy groups -OCH3 is 1. The molecule has 0 unspecified atom stereocenters. The molecule has 2 aromatic rings. The molecular formula is C17H14F3N3O4. The molecule has 0 aliphatic heterocycles. The predicted molar refractivity (Wildman–Crippen MR) is 90.5 cm³/mol. The summed E-state index contributed by atoms with van der Waals surface area (Å²) in [5.41, 5.74) is 0.658. The first-order chi connectivity index (χ1) is 12.7. The van der Waals surface area contributed by atoms with Gasteiger partial charge in [-0.25, -0.2) is 5.43 Å². The van der Waals surface area contributed by atoms with Gasteiger partial charge in [0.25, 0.3) is 5.69 Å². The molecule has 0 spiro atoms. The molecule has 27 heavy (non-hydrogen) atoms. The Balaban J connectivity index is 2.11. The topological polar surface area (TPSA) is 93.8 Å². The molecule has 0 heterocycles. The highest BCUT2D eigenvalue weighted by molar-refractivity contribution is 5.86. The van der Waals surface area contributed by atoms with E-state index in [1.165, 1.54) is 13.3 Å². The van der Waals surface area contributed by atoms with Gasteiger partial charge in [-0.3, -0.25) is 14.9 Å². The fourth-order valence-corrected chi connectivity index (χ4v) is 2.22. The van der Waals surface area contributed by atoms with Crippen molar-refractivity contribution in [2.45, 2.75) is 12.6 Å². The summed E-state index contributed by atoms with van der Waals surface area (Å²) >= 11 is 0. The van der Waals surface area contributed by atoms with Crippen LogP contribution in [-0.2, 0) is 17.4 Å². The van der Waals surface area contributed by atoms with Gasteiger partial charge in [0.15, 0.2) is 0 Å². The summed E-state index contributed by atoms with van der Waals surface area (Å²) in [4.78, 5) is 22.0. The summed E-state index contributed by atoms with van der Waals surface area (Å²) in [6.07, 6.45) is -3.90. The van der Waals surface area contributed by atoms with Crippen LogP contribution in [0.4, 0.5) is 18.9 Å². The third kappa shape index (κ3) is 5.27. The zero-order valence-corrected chi connectivity index (χ0v) is 14.0. The Labute approximate surface area is 151 Å². The molecular weight excluding hydrogens is 367 g/mol. The lowest BCUT2D eigenvalue weighted by Gasteiger charge is -2.08. The molecule has 0 aliphatic carbocycles. The molecule has 0 aromatic heterocycles. The van der Waals surface area contributed by atoms with Crippen molar-refractivity contribution in [3.63, 3.8) is 0 Å². The second kappa shape index (κ2) is 8.30. The number of alkyl halides is 3. The highest BCUT2D eigenvalue weighted by atomic mass is 19.4. The minimum absolute atomic E-state index is 0.155. The summed E-state index contributed by atoms with van der Waals surface area (Å²) in [5.74, 6) is -0.196. The number of nitrogens with one attached hydrogen (secondary N) is 1. The van der Waals surface area contributed by atoms with E-state index in [-0.39, 0.29) is 5.56 Å². The number of hydrazone groups is 1. The van der Waals surface area contributed by atoms with E-state index in [9.17, 15) is 28.1 Å². The maximum Gasteiger partial charge on any atom is 0.416 e. The maximum absolute atomic E-state index is 12.7. The van der Waals surface area contributed by atoms with E-state index in [1.807, 2.05) is 0 Å². The van der Waals surface area contributed by atoms with Crippen LogP contribution in [0.1, 0.15) is 16.7 Å². The summed E-state index contributed by atoms with van der Waals surface area (Å²) in [6, 6.07) is 8.86. The number of benzene rings is 2. The monoisotopic (exact) mass is 381 g/mol. The maximum atomic E-state index is 12.7. The fourth-order valence-electron chi connectivity index (χ4n) is 2.22. The van der Waals surface area contributed by atoms with E-state index >= 15 is 0 Å². The summed E-state index contributed by atoms with van der Waals surface area (Å²) in [5, 5.41) is 14.7. The van der Waals surface area contributed by atoms with Crippen molar-refractivity contribution in [2.75, 3.05) is 7.11 Å². The molecule has 0 saturated carbocycles. The van der Waals surface area contributed by atoms with Crippen LogP contribution < -0.4 is 10.2 Å². The van der Waals surface area contributed by atoms with E-state index in [4.69, 9.17) is 4.74 Å². The van der Waals surface area contributed by atoms with Gasteiger partial charge in [0.1, 0.15) is 5.75 Å². The van der Waals surface area contributed by atoms with E-state index in [0.717, 1.165) is 6.07 Å². The second-order valence-corrected chi connectivity index (χ2v) is 5.31. The van der Waals surface area contributed by atoms with E-state index in [2.05, 4.69) is 10.5 Å². The van der Waals surface area contributed by atoms with Crippen LogP contribution in [0.5, 0.6) is 5.75 Å². The average molecular weight is 381 g/mol. The highest BCUT2D eigenvalue weighted by Gasteiger charge is 2.33. The molecule has 0 aliphatic rings. The normalized spacial score (nSPS) is 11.4. The molecule has 7 nitrogen and oxygen atoms in total. The summed E-state index contributed by atoms with van der Waals surface area (Å²) in [6.45, 7) is 0. The van der Waals surface area contributed by atoms with Crippen molar-refractivity contribution in [3.05, 3.63) is 69.3 Å². The fraction of sp³-hybridized carbons (Fsp3) is 0.176. The highest BCUT2D eigenvalue weighted by Crippen LogP contribution is 2.33. The quantitative estimate of drug-likeness (QED) is 0.472. The third-order valence-electron chi connectivity index (χ3n) is 3.49. The minimum atomic E-state index is -4.72. The molecule has 0 saturated heterocycles. The molecule has 10 heteroatoms. The Bertz CT molecular complexity index is 882. The number of nitrogens with zero attached hydrogens (tertiary/aromatic N) is 2. The van der Waals surface area contributed by atoms with Gasteiger partial charge in [-0.05, 0) is 18.2 Å². The molecule has 2 aromatic carbocycles. The van der Waals surface area contributed by atoms with Crippen molar-refractivity contribution < 1.29 is 27.6 Å². The van der Waals surface area contributed by atoms with Gasteiger partial charge in [0.2, 0.25) is 5.91 Å². The van der Waals surface area contributed by atoms with Crippen LogP contribution in [0.15, 0.2) is 47.6 Å². The number of para-hydroxylation sites is 1. The second-order valence-electron chi connectivity index (χ2n) is 5.31. The van der Waals surface area contributed by atoms with Gasteiger partial charge >= 0.3 is 6.18 Å². The van der Waals surface area contributed by atoms with Crippen molar-refractivity contribution in [2.24, 2.45) is 5.10 Å². The SMILES string of the molecule is COc1ccccc1/C=N\NC(=O)Cc1ccc(C(F)(F)F)cc1[N+](=O)[O-]. The molecule has 0 atom stereocenters. The van der Waals surface area contributed by atoms with E-state index in [0.29, 0.717) is 23.4 Å². The smallest absolute Gasteiger partial charge is 0.416 e. The number of hydrogen-bond donors (Lipinski definition) is 1. The van der Waals surface area contributed by atoms with Crippen LogP contribution in [-0.4, -0.2) is 24.2 Å². The molecule has 0 bridgehead atoms. The molecule has 1 amide bonds. The number of nitro benzene ring substituents is 1. The zero-order valence-electron chi connectivity index (χ0n) is 14.0. The summed E-state index contributed by atoms with van der Waals surface area (Å²) in [7, 11) is 1.47. The summed E-state index contributed by atoms with van der Waals surface area (Å²) < 4.78 is 43.2. The largest absolute Gasteiger partial charge is 0.496 e. The van der Waals surface area contributed by atoms with Crippen LogP contribution in [0.2, 0.25) is 0 Å². The number of rotatable bonds is 6. The Morgan fingerprint density at radius 1 is 1.30 bits per heavy atom. The third-order valence-corrected chi connectivity index (χ3v) is 3.49. The number of amides is 1. The van der Waals surface area contributed by atoms with Crippen LogP contribution in [0.3, 0.4) is 0 Å². The Morgan fingerprint density at radius 3 is 2.63 bits per heavy atom. The lowest BCUT2D eigenvalue weighted by Crippen LogP contribution is -2.20. The number of hydrogen-bond acceptors (Lipinski definition) is 5. The number of ether oxygens (including phenoxy) is 1. The van der Waals surface area contributed by atoms with Gasteiger partial charge in [-0.1, -0.05) is 18.2 Å². The molecule has 2 rings (SSSR count). The zero-order chi connectivity index (χ0) is 20.0. The van der Waals surface area contributed by atoms with Crippen molar-refractivity contribution in [1.82, 2.24) is 5.43 Å². The number of halogens is 3. The van der Waals surface area contributed by atoms with Gasteiger partial charge in [-0.2, -0.15) is 18.3 Å². The predicted octanol–water partition coefficient (Wildman–Crippen LogP) is 3.32. The van der Waals surface area contributed by atoms with Crippen molar-refractivity contribution >= 4 is 17.8 Å². The molecule has 142 valence electrons. The van der Waals surface area contributed by atoms with Gasteiger partial charge in [-0.15, -0.1) is 0 Å². The minimum Gasteiger partial charge on any atom is -0.496 e. The van der Waals surface area contributed by atoms with Crippen molar-refractivity contribution in [1.29, 1.82) is 0 Å². The lowest BCUT2D eigenvalue weighted by atomic mass is 10.1. The van der Waals surface area contributed by atoms with Crippen molar-refractivity contribution in [3.8, 4) is 5.75 Å². The standard InChI is InChI=1S/C17H14F3N3O4/c1-27-15-5-3-2-4-12(15)10-21-22-16(24)8-11-6-7-13(17(18,19)20)9-14(11)23(25)26/h2-7,9-10H,8H2,1H3,(H,22,24)/b21-10-. The number of carbonyl (C=O) groups is 1. The van der Waals surface area contributed by atoms with Gasteiger partial charge < -0.3 is 4.74 Å². The van der Waals surface area contributed by atoms with E-state index < -0.39 is 34.7 Å². The Kier molecular flexibility index (Phi) is 6.11. The lowest BCUT2D eigenvalue weighted by molar-refractivity contribution is -0.385. The molecule has 0 radical (unpaired) electrons. The Hall–Kier alpha value is -3.43. The number of nitro groups is 1. The first kappa shape index (κ1) is 19.9. The number of carbonyl (C=O) groups excluding carboxylic acids is 1. The Morgan fingerprint density at radius 2 is 2.00 bits per heavy atom. The van der Waals surface area contributed by atoms with Gasteiger partial charge in [0, 0.05) is 17.2 Å². The molecule has 1 N–H and O–H groups in total. The van der Waals surface area contributed by atoms with Crippen LogP contribution in [0.25, 0.3) is 0 Å². The van der Waals surface area contributed by atoms with E-state index in [1.54, 1.807) is 24.3 Å². The van der Waals surface area contributed by atoms with Crippen LogP contribution in [0, 0.1) is 10.1 Å². The molecule has 0 fully saturated rings. The van der Waals surface area contributed by atoms with Gasteiger partial charge in [0.05, 0.1) is 30.2 Å². The van der Waals surface area contributed by atoms with Crippen LogP contribution >= 0.6 is 0 Å².